The Kier molecular flexibility index (Phi) is 5.76. The van der Waals surface area contributed by atoms with Gasteiger partial charge in [0.15, 0.2) is 5.65 Å². The highest BCUT2D eigenvalue weighted by Crippen LogP contribution is 2.30. The number of nitrogens with zero attached hydrogens (tertiary/aromatic N) is 4. The second-order valence-electron chi connectivity index (χ2n) is 7.69. The standard InChI is InChI=1S/C22H25N5O2S/c1-14-13-15(19-20(23-14)27-12-8-4-5-11-18(27)25-19)21(28)24-16-9-6-7-10-17(16)30-22(29)26(2)3/h6-7,9-10,13H,4-5,8,11-12H2,1-3H3,(H,24,28). The maximum absolute atomic E-state index is 13.2. The van der Waals surface area contributed by atoms with E-state index in [1.807, 2.05) is 25.1 Å². The quantitative estimate of drug-likeness (QED) is 0.628. The first-order valence-electron chi connectivity index (χ1n) is 10.1. The zero-order chi connectivity index (χ0) is 21.3. The number of fused-ring (bicyclic) bond motifs is 3. The number of thioether (sulfide) groups is 1. The zero-order valence-corrected chi connectivity index (χ0v) is 18.3. The van der Waals surface area contributed by atoms with Gasteiger partial charge in [0.1, 0.15) is 11.3 Å². The Morgan fingerprint density at radius 2 is 1.93 bits per heavy atom. The van der Waals surface area contributed by atoms with Crippen LogP contribution in [0.2, 0.25) is 0 Å². The van der Waals surface area contributed by atoms with Crippen LogP contribution in [0.1, 0.15) is 41.1 Å². The summed E-state index contributed by atoms with van der Waals surface area (Å²) in [6.45, 7) is 2.78. The number of carbonyl (C=O) groups is 2. The lowest BCUT2D eigenvalue weighted by molar-refractivity contribution is 0.102. The number of benzene rings is 1. The van der Waals surface area contributed by atoms with E-state index in [1.54, 1.807) is 26.2 Å². The summed E-state index contributed by atoms with van der Waals surface area (Å²) >= 11 is 1.09. The fraction of sp³-hybridized carbons (Fsp3) is 0.364. The smallest absolute Gasteiger partial charge is 0.286 e. The first kappa shape index (κ1) is 20.4. The number of aryl methyl sites for hydroxylation is 3. The molecule has 8 heteroatoms. The van der Waals surface area contributed by atoms with Crippen LogP contribution in [0.3, 0.4) is 0 Å². The highest BCUT2D eigenvalue weighted by atomic mass is 32.2. The molecular formula is C22H25N5O2S. The van der Waals surface area contributed by atoms with Gasteiger partial charge in [-0.2, -0.15) is 0 Å². The molecule has 0 unspecified atom stereocenters. The van der Waals surface area contributed by atoms with E-state index in [4.69, 9.17) is 4.98 Å². The Labute approximate surface area is 179 Å². The van der Waals surface area contributed by atoms with Crippen molar-refractivity contribution in [1.82, 2.24) is 19.4 Å². The van der Waals surface area contributed by atoms with Gasteiger partial charge >= 0.3 is 0 Å². The Morgan fingerprint density at radius 1 is 1.13 bits per heavy atom. The van der Waals surface area contributed by atoms with E-state index in [9.17, 15) is 9.59 Å². The van der Waals surface area contributed by atoms with Crippen molar-refractivity contribution in [2.75, 3.05) is 19.4 Å². The Balaban J connectivity index is 1.69. The molecule has 4 rings (SSSR count). The predicted molar refractivity (Wildman–Crippen MR) is 119 cm³/mol. The van der Waals surface area contributed by atoms with E-state index in [0.717, 1.165) is 54.7 Å². The van der Waals surface area contributed by atoms with Gasteiger partial charge in [-0.05, 0) is 49.7 Å². The van der Waals surface area contributed by atoms with E-state index >= 15 is 0 Å². The van der Waals surface area contributed by atoms with Crippen molar-refractivity contribution in [2.24, 2.45) is 0 Å². The number of imidazole rings is 1. The molecule has 156 valence electrons. The third kappa shape index (κ3) is 4.05. The highest BCUT2D eigenvalue weighted by Gasteiger charge is 2.22. The summed E-state index contributed by atoms with van der Waals surface area (Å²) in [6.07, 6.45) is 4.29. The van der Waals surface area contributed by atoms with Crippen molar-refractivity contribution in [3.8, 4) is 0 Å². The molecule has 7 nitrogen and oxygen atoms in total. The maximum Gasteiger partial charge on any atom is 0.286 e. The van der Waals surface area contributed by atoms with Crippen LogP contribution in [-0.4, -0.2) is 44.7 Å². The first-order valence-corrected chi connectivity index (χ1v) is 10.9. The van der Waals surface area contributed by atoms with Gasteiger partial charge in [-0.25, -0.2) is 9.97 Å². The molecule has 0 bridgehead atoms. The number of carbonyl (C=O) groups excluding carboxylic acids is 2. The van der Waals surface area contributed by atoms with Crippen LogP contribution in [0.15, 0.2) is 35.2 Å². The number of amides is 2. The first-order chi connectivity index (χ1) is 14.4. The summed E-state index contributed by atoms with van der Waals surface area (Å²) in [4.78, 5) is 37.1. The number of aromatic nitrogens is 3. The summed E-state index contributed by atoms with van der Waals surface area (Å²) < 4.78 is 2.16. The van der Waals surface area contributed by atoms with Crippen molar-refractivity contribution >= 4 is 39.8 Å². The highest BCUT2D eigenvalue weighted by molar-refractivity contribution is 8.13. The molecular weight excluding hydrogens is 398 g/mol. The number of anilines is 1. The zero-order valence-electron chi connectivity index (χ0n) is 17.4. The second-order valence-corrected chi connectivity index (χ2v) is 8.68. The molecule has 0 aliphatic carbocycles. The second kappa shape index (κ2) is 8.47. The molecule has 1 N–H and O–H groups in total. The molecule has 1 aromatic carbocycles. The molecule has 0 fully saturated rings. The number of para-hydroxylation sites is 1. The van der Waals surface area contributed by atoms with Gasteiger partial charge in [0.05, 0.1) is 11.3 Å². The molecule has 0 saturated heterocycles. The Hall–Kier alpha value is -2.87. The van der Waals surface area contributed by atoms with Crippen LogP contribution in [0.5, 0.6) is 0 Å². The third-order valence-corrected chi connectivity index (χ3v) is 6.25. The molecule has 1 aliphatic rings. The lowest BCUT2D eigenvalue weighted by Gasteiger charge is -2.13. The molecule has 0 saturated carbocycles. The van der Waals surface area contributed by atoms with E-state index in [0.29, 0.717) is 21.7 Å². The predicted octanol–water partition coefficient (Wildman–Crippen LogP) is 4.49. The van der Waals surface area contributed by atoms with Crippen molar-refractivity contribution in [3.63, 3.8) is 0 Å². The third-order valence-electron chi connectivity index (χ3n) is 5.13. The lowest BCUT2D eigenvalue weighted by atomic mass is 10.1. The topological polar surface area (TPSA) is 80.1 Å². The summed E-state index contributed by atoms with van der Waals surface area (Å²) in [7, 11) is 3.41. The van der Waals surface area contributed by atoms with Crippen LogP contribution in [0, 0.1) is 6.92 Å². The molecule has 0 spiro atoms. The van der Waals surface area contributed by atoms with E-state index in [-0.39, 0.29) is 11.1 Å². The van der Waals surface area contributed by atoms with Crippen LogP contribution in [0.25, 0.3) is 11.2 Å². The molecule has 0 radical (unpaired) electrons. The van der Waals surface area contributed by atoms with Crippen LogP contribution in [0.4, 0.5) is 10.5 Å². The van der Waals surface area contributed by atoms with Gasteiger partial charge in [-0.3, -0.25) is 9.59 Å². The number of nitrogens with one attached hydrogen (secondary N) is 1. The SMILES string of the molecule is Cc1cc(C(=O)Nc2ccccc2SC(=O)N(C)C)c2nc3n(c2n1)CCCCC3. The molecule has 3 aromatic rings. The fourth-order valence-corrected chi connectivity index (χ4v) is 4.37. The molecule has 0 atom stereocenters. The maximum atomic E-state index is 13.2. The minimum Gasteiger partial charge on any atom is -0.339 e. The van der Waals surface area contributed by atoms with Gasteiger partial charge in [-0.1, -0.05) is 18.6 Å². The van der Waals surface area contributed by atoms with Gasteiger partial charge in [-0.15, -0.1) is 0 Å². The average Bonchev–Trinajstić information content (AvgIpc) is 2.89. The van der Waals surface area contributed by atoms with E-state index < -0.39 is 0 Å². The van der Waals surface area contributed by atoms with Gasteiger partial charge < -0.3 is 14.8 Å². The van der Waals surface area contributed by atoms with Crippen LogP contribution >= 0.6 is 11.8 Å². The number of hydrogen-bond donors (Lipinski definition) is 1. The average molecular weight is 424 g/mol. The Bertz CT molecular complexity index is 1120. The normalized spacial score (nSPS) is 13.6. The largest absolute Gasteiger partial charge is 0.339 e. The lowest BCUT2D eigenvalue weighted by Crippen LogP contribution is -2.17. The fourth-order valence-electron chi connectivity index (χ4n) is 3.62. The monoisotopic (exact) mass is 423 g/mol. The van der Waals surface area contributed by atoms with E-state index in [1.165, 1.54) is 11.3 Å². The minimum atomic E-state index is -0.246. The van der Waals surface area contributed by atoms with Crippen LogP contribution in [-0.2, 0) is 13.0 Å². The molecule has 2 aromatic heterocycles. The van der Waals surface area contributed by atoms with Gasteiger partial charge in [0.25, 0.3) is 11.1 Å². The molecule has 30 heavy (non-hydrogen) atoms. The summed E-state index contributed by atoms with van der Waals surface area (Å²) in [5.41, 5.74) is 3.32. The van der Waals surface area contributed by atoms with Crippen LogP contribution < -0.4 is 5.32 Å². The van der Waals surface area contributed by atoms with Crippen molar-refractivity contribution < 1.29 is 9.59 Å². The molecule has 3 heterocycles. The summed E-state index contributed by atoms with van der Waals surface area (Å²) in [5, 5.41) is 2.88. The molecule has 1 aliphatic heterocycles. The Morgan fingerprint density at radius 3 is 2.73 bits per heavy atom. The van der Waals surface area contributed by atoms with Crippen molar-refractivity contribution in [2.45, 2.75) is 44.0 Å². The number of pyridine rings is 1. The summed E-state index contributed by atoms with van der Waals surface area (Å²) in [6, 6.07) is 9.10. The minimum absolute atomic E-state index is 0.100. The van der Waals surface area contributed by atoms with Crippen molar-refractivity contribution in [3.05, 3.63) is 47.4 Å². The van der Waals surface area contributed by atoms with Gasteiger partial charge in [0, 0.05) is 37.7 Å². The number of rotatable bonds is 3. The van der Waals surface area contributed by atoms with Gasteiger partial charge in [0.2, 0.25) is 0 Å². The molecule has 2 amide bonds. The van der Waals surface area contributed by atoms with Crippen molar-refractivity contribution in [1.29, 1.82) is 0 Å². The summed E-state index contributed by atoms with van der Waals surface area (Å²) in [5.74, 6) is 0.756. The van der Waals surface area contributed by atoms with E-state index in [2.05, 4.69) is 14.9 Å². The number of hydrogen-bond acceptors (Lipinski definition) is 5.